The lowest BCUT2D eigenvalue weighted by molar-refractivity contribution is 0.457. The second-order valence-electron chi connectivity index (χ2n) is 3.57. The minimum atomic E-state index is 0.490. The quantitative estimate of drug-likeness (QED) is 0.528. The van der Waals surface area contributed by atoms with Gasteiger partial charge in [0.2, 0.25) is 0 Å². The molecular weight excluding hydrogens is 131 g/mol. The van der Waals surface area contributed by atoms with Crippen molar-refractivity contribution in [3.63, 3.8) is 0 Å². The molecule has 0 heterocycles. The highest BCUT2D eigenvalue weighted by Crippen LogP contribution is 2.17. The van der Waals surface area contributed by atoms with Crippen molar-refractivity contribution in [2.75, 3.05) is 0 Å². The predicted molar refractivity (Wildman–Crippen MR) is 52.7 cm³/mol. The van der Waals surface area contributed by atoms with E-state index in [4.69, 9.17) is 7.85 Å². The molecule has 0 fully saturated rings. The molecule has 0 nitrogen and oxygen atoms in total. The Hall–Kier alpha value is -0.195. The average Bonchev–Trinajstić information content (AvgIpc) is 1.99. The topological polar surface area (TPSA) is 0 Å². The zero-order valence-corrected chi connectivity index (χ0v) is 8.06. The van der Waals surface area contributed by atoms with Crippen molar-refractivity contribution in [1.82, 2.24) is 0 Å². The summed E-state index contributed by atoms with van der Waals surface area (Å²) in [4.78, 5) is 0. The van der Waals surface area contributed by atoms with Crippen molar-refractivity contribution in [2.45, 2.75) is 40.0 Å². The van der Waals surface area contributed by atoms with Crippen LogP contribution in [0.1, 0.15) is 40.0 Å². The van der Waals surface area contributed by atoms with Crippen LogP contribution in [0.3, 0.4) is 0 Å². The Morgan fingerprint density at radius 2 is 1.91 bits per heavy atom. The van der Waals surface area contributed by atoms with Crippen LogP contribution in [0.15, 0.2) is 12.1 Å². The van der Waals surface area contributed by atoms with Crippen LogP contribution < -0.4 is 0 Å². The molecular formula is C10H19B. The Morgan fingerprint density at radius 3 is 2.27 bits per heavy atom. The summed E-state index contributed by atoms with van der Waals surface area (Å²) in [6.07, 6.45) is 3.72. The third kappa shape index (κ3) is 5.12. The normalized spacial score (nSPS) is 15.9. The standard InChI is InChI=1S/C10H19B/c1-5-8(2)6-7-9(3)10(4)11/h8-9H,4-7H2,1-3H3/t8?,9-/m0/s1. The maximum absolute atomic E-state index is 5.57. The fourth-order valence-electron chi connectivity index (χ4n) is 0.924. The fourth-order valence-corrected chi connectivity index (χ4v) is 0.924. The van der Waals surface area contributed by atoms with Crippen LogP contribution in [0.25, 0.3) is 0 Å². The number of rotatable bonds is 5. The van der Waals surface area contributed by atoms with Gasteiger partial charge >= 0.3 is 0 Å². The van der Waals surface area contributed by atoms with Gasteiger partial charge in [0.25, 0.3) is 0 Å². The lowest BCUT2D eigenvalue weighted by Crippen LogP contribution is -2.01. The fraction of sp³-hybridized carbons (Fsp3) is 0.800. The Kier molecular flexibility index (Phi) is 5.36. The average molecular weight is 150 g/mol. The molecule has 1 heteroatoms. The Morgan fingerprint density at radius 1 is 1.36 bits per heavy atom. The summed E-state index contributed by atoms with van der Waals surface area (Å²) in [6, 6.07) is 0. The summed E-state index contributed by atoms with van der Waals surface area (Å²) >= 11 is 0. The van der Waals surface area contributed by atoms with Gasteiger partial charge in [-0.3, -0.25) is 0 Å². The van der Waals surface area contributed by atoms with Crippen LogP contribution in [-0.4, -0.2) is 7.85 Å². The van der Waals surface area contributed by atoms with Gasteiger partial charge < -0.3 is 0 Å². The van der Waals surface area contributed by atoms with Gasteiger partial charge in [0.15, 0.2) is 0 Å². The molecule has 0 aliphatic rings. The van der Waals surface area contributed by atoms with Gasteiger partial charge in [-0.05, 0) is 18.3 Å². The summed E-state index contributed by atoms with van der Waals surface area (Å²) < 4.78 is 0. The van der Waals surface area contributed by atoms with E-state index in [1.165, 1.54) is 19.3 Å². The minimum Gasteiger partial charge on any atom is -0.122 e. The molecule has 2 atom stereocenters. The van der Waals surface area contributed by atoms with E-state index >= 15 is 0 Å². The zero-order valence-electron chi connectivity index (χ0n) is 8.06. The van der Waals surface area contributed by atoms with Crippen LogP contribution in [0.5, 0.6) is 0 Å². The van der Waals surface area contributed by atoms with Crippen LogP contribution >= 0.6 is 0 Å². The summed E-state index contributed by atoms with van der Waals surface area (Å²) in [6.45, 7) is 10.4. The molecule has 0 rings (SSSR count). The summed E-state index contributed by atoms with van der Waals surface area (Å²) in [5.41, 5.74) is 0.827. The maximum atomic E-state index is 5.57. The lowest BCUT2D eigenvalue weighted by atomic mass is 9.82. The second-order valence-corrected chi connectivity index (χ2v) is 3.57. The second kappa shape index (κ2) is 5.45. The molecule has 2 radical (unpaired) electrons. The van der Waals surface area contributed by atoms with Gasteiger partial charge in [0, 0.05) is 0 Å². The van der Waals surface area contributed by atoms with Gasteiger partial charge in [-0.1, -0.05) is 33.6 Å². The van der Waals surface area contributed by atoms with E-state index in [1.54, 1.807) is 0 Å². The first kappa shape index (κ1) is 10.8. The van der Waals surface area contributed by atoms with Crippen LogP contribution in [0.4, 0.5) is 0 Å². The number of allylic oxidation sites excluding steroid dienone is 1. The number of hydrogen-bond acceptors (Lipinski definition) is 0. The molecule has 0 spiro atoms. The monoisotopic (exact) mass is 150 g/mol. The molecule has 0 aliphatic carbocycles. The van der Waals surface area contributed by atoms with Crippen molar-refractivity contribution in [3.05, 3.63) is 12.1 Å². The zero-order chi connectivity index (χ0) is 8.85. The van der Waals surface area contributed by atoms with Crippen molar-refractivity contribution >= 4 is 7.85 Å². The minimum absolute atomic E-state index is 0.490. The maximum Gasteiger partial charge on any atom is 0.107 e. The van der Waals surface area contributed by atoms with E-state index in [1.807, 2.05) is 0 Å². The molecule has 1 unspecified atom stereocenters. The van der Waals surface area contributed by atoms with Crippen molar-refractivity contribution in [1.29, 1.82) is 0 Å². The highest BCUT2D eigenvalue weighted by Gasteiger charge is 2.04. The molecule has 11 heavy (non-hydrogen) atoms. The molecule has 0 aromatic rings. The van der Waals surface area contributed by atoms with Crippen molar-refractivity contribution in [2.24, 2.45) is 11.8 Å². The Bertz CT molecular complexity index is 118. The lowest BCUT2D eigenvalue weighted by Gasteiger charge is -2.14. The third-order valence-corrected chi connectivity index (χ3v) is 2.42. The summed E-state index contributed by atoms with van der Waals surface area (Å²) in [5, 5.41) is 0. The van der Waals surface area contributed by atoms with Crippen molar-refractivity contribution < 1.29 is 0 Å². The SMILES string of the molecule is [B]C(=C)[C@@H](C)CCC(C)CC. The van der Waals surface area contributed by atoms with Gasteiger partial charge in [-0.25, -0.2) is 0 Å². The molecule has 0 amide bonds. The van der Waals surface area contributed by atoms with Gasteiger partial charge in [0.05, 0.1) is 0 Å². The highest BCUT2D eigenvalue weighted by atomic mass is 14.1. The molecule has 62 valence electrons. The first-order valence-electron chi connectivity index (χ1n) is 4.52. The van der Waals surface area contributed by atoms with E-state index < -0.39 is 0 Å². The van der Waals surface area contributed by atoms with E-state index in [0.717, 1.165) is 11.4 Å². The first-order chi connectivity index (χ1) is 5.07. The molecule has 0 aromatic heterocycles. The summed E-state index contributed by atoms with van der Waals surface area (Å²) in [5.74, 6) is 1.32. The van der Waals surface area contributed by atoms with E-state index in [9.17, 15) is 0 Å². The van der Waals surface area contributed by atoms with Crippen molar-refractivity contribution in [3.8, 4) is 0 Å². The molecule has 0 saturated heterocycles. The molecule has 0 bridgehead atoms. The smallest absolute Gasteiger partial charge is 0.107 e. The van der Waals surface area contributed by atoms with Gasteiger partial charge in [-0.2, -0.15) is 0 Å². The first-order valence-corrected chi connectivity index (χ1v) is 4.52. The Balaban J connectivity index is 3.45. The van der Waals surface area contributed by atoms with E-state index in [2.05, 4.69) is 27.4 Å². The Labute approximate surface area is 72.5 Å². The highest BCUT2D eigenvalue weighted by molar-refractivity contribution is 6.21. The predicted octanol–water partition coefficient (Wildman–Crippen LogP) is 3.13. The molecule has 0 aliphatic heterocycles. The van der Waals surface area contributed by atoms with Gasteiger partial charge in [-0.15, -0.1) is 12.1 Å². The largest absolute Gasteiger partial charge is 0.122 e. The van der Waals surface area contributed by atoms with Crippen LogP contribution in [0, 0.1) is 11.8 Å². The molecule has 0 N–H and O–H groups in total. The van der Waals surface area contributed by atoms with E-state index in [-0.39, 0.29) is 0 Å². The van der Waals surface area contributed by atoms with Crippen LogP contribution in [0.2, 0.25) is 0 Å². The summed E-state index contributed by atoms with van der Waals surface area (Å²) in [7, 11) is 5.57. The van der Waals surface area contributed by atoms with E-state index in [0.29, 0.717) is 5.92 Å². The van der Waals surface area contributed by atoms with Gasteiger partial charge in [0.1, 0.15) is 7.85 Å². The molecule has 0 saturated carbocycles. The van der Waals surface area contributed by atoms with Crippen LogP contribution in [-0.2, 0) is 0 Å². The number of hydrogen-bond donors (Lipinski definition) is 0. The third-order valence-electron chi connectivity index (χ3n) is 2.42. The molecule has 0 aromatic carbocycles.